The van der Waals surface area contributed by atoms with Crippen molar-refractivity contribution in [1.29, 1.82) is 0 Å². The van der Waals surface area contributed by atoms with Gasteiger partial charge in [0.1, 0.15) is 5.01 Å². The monoisotopic (exact) mass is 347 g/mol. The summed E-state index contributed by atoms with van der Waals surface area (Å²) >= 11 is 1.53. The van der Waals surface area contributed by atoms with Gasteiger partial charge in [-0.25, -0.2) is 13.4 Å². The van der Waals surface area contributed by atoms with E-state index in [1.807, 2.05) is 28.5 Å². The van der Waals surface area contributed by atoms with Gasteiger partial charge in [-0.3, -0.25) is 9.88 Å². The Hall–Kier alpha value is -1.75. The van der Waals surface area contributed by atoms with Crippen molar-refractivity contribution in [3.05, 3.63) is 35.5 Å². The first-order valence-electron chi connectivity index (χ1n) is 7.31. The van der Waals surface area contributed by atoms with Gasteiger partial charge in [-0.15, -0.1) is 17.8 Å². The van der Waals surface area contributed by atoms with Crippen molar-refractivity contribution >= 4 is 21.2 Å². The summed E-state index contributed by atoms with van der Waals surface area (Å²) in [5.74, 6) is 3.06. The lowest BCUT2D eigenvalue weighted by atomic mass is 10.2. The van der Waals surface area contributed by atoms with Gasteiger partial charge in [0.2, 0.25) is 0 Å². The molecule has 7 heteroatoms. The molecule has 120 valence electrons. The van der Waals surface area contributed by atoms with Crippen LogP contribution in [-0.4, -0.2) is 47.4 Å². The van der Waals surface area contributed by atoms with Gasteiger partial charge in [0, 0.05) is 24.2 Å². The molecule has 1 fully saturated rings. The van der Waals surface area contributed by atoms with Gasteiger partial charge >= 0.3 is 0 Å². The van der Waals surface area contributed by atoms with E-state index in [9.17, 15) is 8.42 Å². The Morgan fingerprint density at radius 3 is 2.96 bits per heavy atom. The standard InChI is InChI=1S/C16H17N3O2S2/c1-2-8-19(14-6-9-23(20,21)12-14)10-13-11-22-16(18-13)15-5-3-4-7-17-15/h1,3-5,7,11,14H,6,8-10,12H2. The largest absolute Gasteiger partial charge is 0.282 e. The van der Waals surface area contributed by atoms with Crippen LogP contribution in [0.15, 0.2) is 29.8 Å². The van der Waals surface area contributed by atoms with Gasteiger partial charge in [0.25, 0.3) is 0 Å². The second kappa shape index (κ2) is 6.79. The normalized spacial score (nSPS) is 19.7. The minimum Gasteiger partial charge on any atom is -0.282 e. The molecule has 0 radical (unpaired) electrons. The molecule has 3 heterocycles. The second-order valence-electron chi connectivity index (χ2n) is 5.52. The average Bonchev–Trinajstić information content (AvgIpc) is 3.14. The predicted octanol–water partition coefficient (Wildman–Crippen LogP) is 1.83. The van der Waals surface area contributed by atoms with Crippen LogP contribution in [0.1, 0.15) is 12.1 Å². The van der Waals surface area contributed by atoms with E-state index in [1.54, 1.807) is 6.20 Å². The van der Waals surface area contributed by atoms with Crippen LogP contribution in [0.3, 0.4) is 0 Å². The Kier molecular flexibility index (Phi) is 4.76. The SMILES string of the molecule is C#CCN(Cc1csc(-c2ccccn2)n1)C1CCS(=O)(=O)C1. The van der Waals surface area contributed by atoms with Crippen molar-refractivity contribution in [3.8, 4) is 23.0 Å². The maximum atomic E-state index is 11.7. The van der Waals surface area contributed by atoms with Gasteiger partial charge in [-0.05, 0) is 18.6 Å². The van der Waals surface area contributed by atoms with Crippen LogP contribution in [0.4, 0.5) is 0 Å². The molecule has 1 aliphatic heterocycles. The molecule has 5 nitrogen and oxygen atoms in total. The number of sulfone groups is 1. The van der Waals surface area contributed by atoms with Crippen molar-refractivity contribution in [2.75, 3.05) is 18.1 Å². The number of nitrogens with zero attached hydrogens (tertiary/aromatic N) is 3. The second-order valence-corrected chi connectivity index (χ2v) is 8.61. The van der Waals surface area contributed by atoms with E-state index < -0.39 is 9.84 Å². The van der Waals surface area contributed by atoms with Gasteiger partial charge in [-0.2, -0.15) is 0 Å². The van der Waals surface area contributed by atoms with Crippen molar-refractivity contribution in [3.63, 3.8) is 0 Å². The highest BCUT2D eigenvalue weighted by atomic mass is 32.2. The van der Waals surface area contributed by atoms with Crippen molar-refractivity contribution in [2.24, 2.45) is 0 Å². The van der Waals surface area contributed by atoms with Gasteiger partial charge in [0.05, 0.1) is 29.4 Å². The smallest absolute Gasteiger partial charge is 0.151 e. The van der Waals surface area contributed by atoms with Crippen LogP contribution in [0.2, 0.25) is 0 Å². The lowest BCUT2D eigenvalue weighted by Gasteiger charge is -2.24. The third-order valence-corrected chi connectivity index (χ3v) is 6.48. The summed E-state index contributed by atoms with van der Waals surface area (Å²) < 4.78 is 23.4. The molecule has 2 aromatic heterocycles. The van der Waals surface area contributed by atoms with Crippen LogP contribution in [0, 0.1) is 12.3 Å². The number of hydrogen-bond donors (Lipinski definition) is 0. The summed E-state index contributed by atoms with van der Waals surface area (Å²) in [4.78, 5) is 10.9. The Morgan fingerprint density at radius 1 is 1.43 bits per heavy atom. The zero-order valence-electron chi connectivity index (χ0n) is 12.6. The van der Waals surface area contributed by atoms with E-state index in [4.69, 9.17) is 6.42 Å². The molecular weight excluding hydrogens is 330 g/mol. The number of aromatic nitrogens is 2. The summed E-state index contributed by atoms with van der Waals surface area (Å²) in [6, 6.07) is 5.70. The zero-order valence-corrected chi connectivity index (χ0v) is 14.2. The summed E-state index contributed by atoms with van der Waals surface area (Å²) in [5.41, 5.74) is 1.74. The number of terminal acetylenes is 1. The highest BCUT2D eigenvalue weighted by Crippen LogP contribution is 2.24. The van der Waals surface area contributed by atoms with Gasteiger partial charge < -0.3 is 0 Å². The lowest BCUT2D eigenvalue weighted by molar-refractivity contribution is 0.228. The number of thiazole rings is 1. The van der Waals surface area contributed by atoms with E-state index in [1.165, 1.54) is 11.3 Å². The maximum Gasteiger partial charge on any atom is 0.151 e. The fourth-order valence-electron chi connectivity index (χ4n) is 2.69. The molecule has 0 N–H and O–H groups in total. The minimum atomic E-state index is -2.93. The first-order valence-corrected chi connectivity index (χ1v) is 10.0. The fourth-order valence-corrected chi connectivity index (χ4v) is 5.24. The topological polar surface area (TPSA) is 63.2 Å². The number of rotatable bonds is 5. The van der Waals surface area contributed by atoms with Crippen LogP contribution in [0.5, 0.6) is 0 Å². The molecule has 3 rings (SSSR count). The minimum absolute atomic E-state index is 0.0175. The Balaban J connectivity index is 1.74. The molecule has 1 unspecified atom stereocenters. The molecule has 1 saturated heterocycles. The van der Waals surface area contributed by atoms with Crippen LogP contribution in [-0.2, 0) is 16.4 Å². The molecular formula is C16H17N3O2S2. The van der Waals surface area contributed by atoms with E-state index in [2.05, 4.69) is 15.9 Å². The Bertz CT molecular complexity index is 809. The van der Waals surface area contributed by atoms with E-state index >= 15 is 0 Å². The lowest BCUT2D eigenvalue weighted by Crippen LogP contribution is -2.36. The molecule has 0 aliphatic carbocycles. The highest BCUT2D eigenvalue weighted by Gasteiger charge is 2.32. The molecule has 0 aromatic carbocycles. The quantitative estimate of drug-likeness (QED) is 0.772. The molecule has 1 aliphatic rings. The van der Waals surface area contributed by atoms with E-state index in [0.29, 0.717) is 19.5 Å². The molecule has 1 atom stereocenters. The number of hydrogen-bond acceptors (Lipinski definition) is 6. The third kappa shape index (κ3) is 3.96. The van der Waals surface area contributed by atoms with Crippen LogP contribution >= 0.6 is 11.3 Å². The molecule has 2 aromatic rings. The average molecular weight is 347 g/mol. The van der Waals surface area contributed by atoms with E-state index in [-0.39, 0.29) is 17.5 Å². The molecule has 0 saturated carbocycles. The molecule has 0 amide bonds. The Morgan fingerprint density at radius 2 is 2.30 bits per heavy atom. The fraction of sp³-hybridized carbons (Fsp3) is 0.375. The first-order chi connectivity index (χ1) is 11.1. The summed E-state index contributed by atoms with van der Waals surface area (Å²) in [7, 11) is -2.93. The predicted molar refractivity (Wildman–Crippen MR) is 91.6 cm³/mol. The van der Waals surface area contributed by atoms with Crippen LogP contribution in [0.25, 0.3) is 10.7 Å². The van der Waals surface area contributed by atoms with Gasteiger partial charge in [-0.1, -0.05) is 12.0 Å². The summed E-state index contributed by atoms with van der Waals surface area (Å²) in [6.45, 7) is 0.990. The van der Waals surface area contributed by atoms with Crippen molar-refractivity contribution in [1.82, 2.24) is 14.9 Å². The van der Waals surface area contributed by atoms with Crippen molar-refractivity contribution < 1.29 is 8.42 Å². The van der Waals surface area contributed by atoms with E-state index in [0.717, 1.165) is 16.4 Å². The summed E-state index contributed by atoms with van der Waals surface area (Å²) in [6.07, 6.45) is 7.83. The molecule has 0 spiro atoms. The third-order valence-electron chi connectivity index (χ3n) is 3.82. The summed E-state index contributed by atoms with van der Waals surface area (Å²) in [5, 5.41) is 2.84. The van der Waals surface area contributed by atoms with Crippen molar-refractivity contribution in [2.45, 2.75) is 19.0 Å². The number of pyridine rings is 1. The molecule has 23 heavy (non-hydrogen) atoms. The first kappa shape index (κ1) is 16.1. The van der Waals surface area contributed by atoms with Crippen LogP contribution < -0.4 is 0 Å². The zero-order chi connectivity index (χ0) is 16.3. The van der Waals surface area contributed by atoms with Gasteiger partial charge in [0.15, 0.2) is 9.84 Å². The maximum absolute atomic E-state index is 11.7. The Labute approximate surface area is 140 Å². The highest BCUT2D eigenvalue weighted by molar-refractivity contribution is 7.91. The molecule has 0 bridgehead atoms.